The van der Waals surface area contributed by atoms with Gasteiger partial charge in [0.2, 0.25) is 0 Å². The quantitative estimate of drug-likeness (QED) is 0.698. The number of carbonyl (C=O) groups excluding carboxylic acids is 1. The number of hydrogen-bond donors (Lipinski definition) is 3. The maximum atomic E-state index is 11.5. The third kappa shape index (κ3) is 3.78. The summed E-state index contributed by atoms with van der Waals surface area (Å²) in [5.74, 6) is -1.76. The molecule has 86 valence electrons. The molecular weight excluding hydrogens is 325 g/mol. The summed E-state index contributed by atoms with van der Waals surface area (Å²) in [7, 11) is 0. The summed E-state index contributed by atoms with van der Waals surface area (Å²) in [5, 5.41) is 19.7. The molecule has 0 heterocycles. The first-order chi connectivity index (χ1) is 7.50. The molecule has 1 aromatic carbocycles. The van der Waals surface area contributed by atoms with Crippen LogP contribution in [-0.2, 0) is 4.79 Å². The third-order valence-electron chi connectivity index (χ3n) is 1.85. The van der Waals surface area contributed by atoms with Crippen molar-refractivity contribution in [1.29, 1.82) is 0 Å². The number of aliphatic hydroxyl groups excluding tert-OH is 1. The molecule has 0 aliphatic rings. The van der Waals surface area contributed by atoms with Crippen LogP contribution in [0, 0.1) is 3.57 Å². The fourth-order valence-electron chi connectivity index (χ4n) is 0.980. The molecule has 0 unspecified atom stereocenters. The van der Waals surface area contributed by atoms with Crippen molar-refractivity contribution in [1.82, 2.24) is 5.32 Å². The van der Waals surface area contributed by atoms with Crippen LogP contribution in [0.3, 0.4) is 0 Å². The Kier molecular flexibility index (Phi) is 4.69. The van der Waals surface area contributed by atoms with E-state index < -0.39 is 18.0 Å². The van der Waals surface area contributed by atoms with Crippen molar-refractivity contribution in [2.24, 2.45) is 0 Å². The van der Waals surface area contributed by atoms with E-state index in [1.54, 1.807) is 24.3 Å². The summed E-state index contributed by atoms with van der Waals surface area (Å²) in [6, 6.07) is 6.79. The normalized spacial score (nSPS) is 11.9. The molecule has 1 rings (SSSR count). The van der Waals surface area contributed by atoms with Crippen molar-refractivity contribution >= 4 is 34.5 Å². The lowest BCUT2D eigenvalue weighted by Gasteiger charge is -2.07. The van der Waals surface area contributed by atoms with Crippen LogP contribution < -0.4 is 5.32 Å². The Balaban J connectivity index is 2.53. The summed E-state index contributed by atoms with van der Waals surface area (Å²) >= 11 is 2.11. The van der Waals surface area contributed by atoms with Crippen molar-refractivity contribution in [3.63, 3.8) is 0 Å². The third-order valence-corrected chi connectivity index (χ3v) is 2.57. The molecule has 0 bridgehead atoms. The van der Waals surface area contributed by atoms with Gasteiger partial charge in [-0.25, -0.2) is 4.79 Å². The molecule has 1 amide bonds. The van der Waals surface area contributed by atoms with E-state index in [4.69, 9.17) is 10.2 Å². The van der Waals surface area contributed by atoms with E-state index in [1.165, 1.54) is 0 Å². The fourth-order valence-corrected chi connectivity index (χ4v) is 1.34. The van der Waals surface area contributed by atoms with Crippen molar-refractivity contribution in [2.75, 3.05) is 6.54 Å². The largest absolute Gasteiger partial charge is 0.479 e. The van der Waals surface area contributed by atoms with E-state index >= 15 is 0 Å². The Bertz CT molecular complexity index is 390. The van der Waals surface area contributed by atoms with Crippen molar-refractivity contribution in [2.45, 2.75) is 6.10 Å². The van der Waals surface area contributed by atoms with Crippen LogP contribution in [0.4, 0.5) is 0 Å². The number of carboxylic acid groups (broad SMARTS) is 1. The zero-order valence-electron chi connectivity index (χ0n) is 8.18. The van der Waals surface area contributed by atoms with Crippen LogP contribution in [-0.4, -0.2) is 34.7 Å². The monoisotopic (exact) mass is 335 g/mol. The molecular formula is C10H10INO4. The number of nitrogens with one attached hydrogen (secondary N) is 1. The van der Waals surface area contributed by atoms with Gasteiger partial charge in [0, 0.05) is 9.13 Å². The minimum Gasteiger partial charge on any atom is -0.479 e. The van der Waals surface area contributed by atoms with Crippen molar-refractivity contribution < 1.29 is 19.8 Å². The molecule has 0 saturated carbocycles. The lowest BCUT2D eigenvalue weighted by atomic mass is 10.2. The first-order valence-electron chi connectivity index (χ1n) is 4.45. The summed E-state index contributed by atoms with van der Waals surface area (Å²) in [5.41, 5.74) is 0.429. The number of rotatable bonds is 4. The predicted octanol–water partition coefficient (Wildman–Crippen LogP) is 0.467. The van der Waals surface area contributed by atoms with Gasteiger partial charge in [-0.2, -0.15) is 0 Å². The molecule has 0 aromatic heterocycles. The lowest BCUT2D eigenvalue weighted by molar-refractivity contribution is -0.146. The number of hydrogen-bond acceptors (Lipinski definition) is 3. The standard InChI is InChI=1S/C10H10INO4/c11-7-3-1-6(2-4-7)9(14)12-5-8(13)10(15)16/h1-4,8,13H,5H2,(H,12,14)(H,15,16)/t8-/m0/s1. The fraction of sp³-hybridized carbons (Fsp3) is 0.200. The van der Waals surface area contributed by atoms with Gasteiger partial charge in [-0.15, -0.1) is 0 Å². The minimum absolute atomic E-state index is 0.305. The average molecular weight is 335 g/mol. The van der Waals surface area contributed by atoms with E-state index in [1.807, 2.05) is 0 Å². The van der Waals surface area contributed by atoms with Gasteiger partial charge in [-0.05, 0) is 46.9 Å². The molecule has 1 aromatic rings. The summed E-state index contributed by atoms with van der Waals surface area (Å²) < 4.78 is 1.000. The number of halogens is 1. The van der Waals surface area contributed by atoms with Gasteiger partial charge in [0.15, 0.2) is 6.10 Å². The molecule has 0 radical (unpaired) electrons. The van der Waals surface area contributed by atoms with Crippen LogP contribution in [0.1, 0.15) is 10.4 Å². The van der Waals surface area contributed by atoms with Crippen LogP contribution >= 0.6 is 22.6 Å². The van der Waals surface area contributed by atoms with E-state index in [9.17, 15) is 9.59 Å². The van der Waals surface area contributed by atoms with Crippen LogP contribution in [0.2, 0.25) is 0 Å². The van der Waals surface area contributed by atoms with Crippen LogP contribution in [0.5, 0.6) is 0 Å². The zero-order valence-corrected chi connectivity index (χ0v) is 10.3. The number of carboxylic acids is 1. The Morgan fingerprint density at radius 2 is 1.88 bits per heavy atom. The highest BCUT2D eigenvalue weighted by molar-refractivity contribution is 14.1. The summed E-state index contributed by atoms with van der Waals surface area (Å²) in [4.78, 5) is 21.8. The van der Waals surface area contributed by atoms with Gasteiger partial charge in [-0.1, -0.05) is 0 Å². The SMILES string of the molecule is O=C(NC[C@H](O)C(=O)O)c1ccc(I)cc1. The first-order valence-corrected chi connectivity index (χ1v) is 5.53. The number of carbonyl (C=O) groups is 2. The molecule has 0 fully saturated rings. The van der Waals surface area contributed by atoms with Gasteiger partial charge in [0.1, 0.15) is 0 Å². The second-order valence-electron chi connectivity index (χ2n) is 3.07. The molecule has 5 nitrogen and oxygen atoms in total. The Morgan fingerprint density at radius 1 is 1.31 bits per heavy atom. The summed E-state index contributed by atoms with van der Waals surface area (Å²) in [6.45, 7) is -0.305. The highest BCUT2D eigenvalue weighted by atomic mass is 127. The van der Waals surface area contributed by atoms with Crippen LogP contribution in [0.25, 0.3) is 0 Å². The molecule has 0 aliphatic carbocycles. The number of aliphatic hydroxyl groups is 1. The Hall–Kier alpha value is -1.15. The van der Waals surface area contributed by atoms with E-state index in [0.29, 0.717) is 5.56 Å². The van der Waals surface area contributed by atoms with Gasteiger partial charge in [-0.3, -0.25) is 4.79 Å². The Labute approximate surface area is 106 Å². The van der Waals surface area contributed by atoms with Crippen molar-refractivity contribution in [3.8, 4) is 0 Å². The molecule has 16 heavy (non-hydrogen) atoms. The molecule has 3 N–H and O–H groups in total. The number of aliphatic carboxylic acids is 1. The van der Waals surface area contributed by atoms with E-state index in [0.717, 1.165) is 3.57 Å². The smallest absolute Gasteiger partial charge is 0.334 e. The molecule has 6 heteroatoms. The average Bonchev–Trinajstić information content (AvgIpc) is 2.26. The number of benzene rings is 1. The maximum Gasteiger partial charge on any atom is 0.334 e. The molecule has 0 saturated heterocycles. The maximum absolute atomic E-state index is 11.5. The van der Waals surface area contributed by atoms with Crippen LogP contribution in [0.15, 0.2) is 24.3 Å². The molecule has 1 atom stereocenters. The first kappa shape index (κ1) is 12.9. The molecule has 0 spiro atoms. The van der Waals surface area contributed by atoms with Gasteiger partial charge >= 0.3 is 5.97 Å². The predicted molar refractivity (Wildman–Crippen MR) is 65.1 cm³/mol. The highest BCUT2D eigenvalue weighted by Crippen LogP contribution is 2.06. The van der Waals surface area contributed by atoms with E-state index in [2.05, 4.69) is 27.9 Å². The second-order valence-corrected chi connectivity index (χ2v) is 4.32. The molecule has 0 aliphatic heterocycles. The van der Waals surface area contributed by atoms with Crippen molar-refractivity contribution in [3.05, 3.63) is 33.4 Å². The lowest BCUT2D eigenvalue weighted by Crippen LogP contribution is -2.36. The number of amides is 1. The summed E-state index contributed by atoms with van der Waals surface area (Å²) in [6.07, 6.45) is -1.58. The second kappa shape index (κ2) is 5.80. The van der Waals surface area contributed by atoms with Gasteiger partial charge < -0.3 is 15.5 Å². The Morgan fingerprint density at radius 3 is 2.38 bits per heavy atom. The van der Waals surface area contributed by atoms with E-state index in [-0.39, 0.29) is 6.54 Å². The highest BCUT2D eigenvalue weighted by Gasteiger charge is 2.14. The minimum atomic E-state index is -1.58. The topological polar surface area (TPSA) is 86.6 Å². The van der Waals surface area contributed by atoms with Gasteiger partial charge in [0.25, 0.3) is 5.91 Å². The van der Waals surface area contributed by atoms with Gasteiger partial charge in [0.05, 0.1) is 6.54 Å². The zero-order chi connectivity index (χ0) is 12.1.